The lowest BCUT2D eigenvalue weighted by molar-refractivity contribution is -0.130. The van der Waals surface area contributed by atoms with Gasteiger partial charge >= 0.3 is 0 Å². The van der Waals surface area contributed by atoms with E-state index in [-0.39, 0.29) is 29.9 Å². The van der Waals surface area contributed by atoms with Gasteiger partial charge in [-0.1, -0.05) is 6.07 Å². The van der Waals surface area contributed by atoms with Gasteiger partial charge in [-0.05, 0) is 13.0 Å². The second kappa shape index (κ2) is 5.24. The summed E-state index contributed by atoms with van der Waals surface area (Å²) in [7, 11) is 0. The summed E-state index contributed by atoms with van der Waals surface area (Å²) in [5, 5.41) is 8.17. The topological polar surface area (TPSA) is 40.5 Å². The first-order valence-corrected chi connectivity index (χ1v) is 6.50. The molecule has 6 heteroatoms. The van der Waals surface area contributed by atoms with Crippen molar-refractivity contribution in [1.82, 2.24) is 4.90 Å². The summed E-state index contributed by atoms with van der Waals surface area (Å²) < 4.78 is 26.6. The van der Waals surface area contributed by atoms with E-state index in [1.165, 1.54) is 28.8 Å². The number of aliphatic hydroxyl groups is 1. The van der Waals surface area contributed by atoms with Crippen LogP contribution in [0.15, 0.2) is 18.2 Å². The largest absolute Gasteiger partial charge is 0.395 e. The number of hydrogen-bond donors (Lipinski definition) is 1. The summed E-state index contributed by atoms with van der Waals surface area (Å²) >= 11 is 1.30. The van der Waals surface area contributed by atoms with Crippen molar-refractivity contribution in [3.8, 4) is 0 Å². The Balaban J connectivity index is 2.33. The van der Waals surface area contributed by atoms with Crippen molar-refractivity contribution < 1.29 is 18.7 Å². The number of carbonyl (C=O) groups is 1. The molecule has 1 saturated heterocycles. The standard InChI is InChI=1S/C12H13F2NO2S/c1-7-11(17)15(4-5-16)12(18-7)9-3-2-8(13)6-10(9)14/h2-3,6-7,12,16H,4-5H2,1H3/t7-,12+/m0/s1. The molecule has 0 aromatic heterocycles. The minimum atomic E-state index is -0.669. The fourth-order valence-electron chi connectivity index (χ4n) is 1.95. The molecule has 2 rings (SSSR count). The number of aliphatic hydroxyl groups excluding tert-OH is 1. The van der Waals surface area contributed by atoms with E-state index in [0.717, 1.165) is 6.07 Å². The van der Waals surface area contributed by atoms with Crippen molar-refractivity contribution in [3.05, 3.63) is 35.4 Å². The van der Waals surface area contributed by atoms with Gasteiger partial charge in [-0.15, -0.1) is 11.8 Å². The Labute approximate surface area is 108 Å². The fraction of sp³-hybridized carbons (Fsp3) is 0.417. The van der Waals surface area contributed by atoms with Crippen molar-refractivity contribution in [2.24, 2.45) is 0 Å². The van der Waals surface area contributed by atoms with Gasteiger partial charge in [0.25, 0.3) is 0 Å². The quantitative estimate of drug-likeness (QED) is 0.914. The van der Waals surface area contributed by atoms with Crippen LogP contribution in [0.5, 0.6) is 0 Å². The van der Waals surface area contributed by atoms with Crippen molar-refractivity contribution in [2.75, 3.05) is 13.2 Å². The highest BCUT2D eigenvalue weighted by molar-refractivity contribution is 8.01. The molecule has 0 spiro atoms. The third-order valence-corrected chi connectivity index (χ3v) is 4.19. The van der Waals surface area contributed by atoms with Gasteiger partial charge in [0.15, 0.2) is 0 Å². The molecule has 2 atom stereocenters. The predicted octanol–water partition coefficient (Wildman–Crippen LogP) is 1.92. The molecule has 98 valence electrons. The summed E-state index contributed by atoms with van der Waals surface area (Å²) in [6.07, 6.45) is 0. The molecule has 1 aromatic carbocycles. The van der Waals surface area contributed by atoms with Gasteiger partial charge in [0.05, 0.1) is 11.9 Å². The Kier molecular flexibility index (Phi) is 3.87. The summed E-state index contributed by atoms with van der Waals surface area (Å²) in [5.41, 5.74) is 0.271. The highest BCUT2D eigenvalue weighted by Gasteiger charge is 2.39. The van der Waals surface area contributed by atoms with E-state index in [4.69, 9.17) is 5.11 Å². The second-order valence-electron chi connectivity index (χ2n) is 4.05. The molecule has 1 fully saturated rings. The van der Waals surface area contributed by atoms with E-state index in [2.05, 4.69) is 0 Å². The molecule has 1 aliphatic rings. The third kappa shape index (κ3) is 2.35. The van der Waals surface area contributed by atoms with E-state index in [1.54, 1.807) is 6.92 Å². The van der Waals surface area contributed by atoms with Crippen molar-refractivity contribution in [2.45, 2.75) is 17.5 Å². The zero-order valence-corrected chi connectivity index (χ0v) is 10.6. The molecule has 3 nitrogen and oxygen atoms in total. The number of rotatable bonds is 3. The van der Waals surface area contributed by atoms with Crippen LogP contribution in [0.25, 0.3) is 0 Å². The van der Waals surface area contributed by atoms with Crippen LogP contribution in [0, 0.1) is 11.6 Å². The number of hydrogen-bond acceptors (Lipinski definition) is 3. The molecule has 0 radical (unpaired) electrons. The Morgan fingerprint density at radius 3 is 2.78 bits per heavy atom. The number of β-amino-alcohol motifs (C(OH)–C–C–N with tert-alkyl or cyclic N) is 1. The molecule has 1 heterocycles. The van der Waals surface area contributed by atoms with Gasteiger partial charge in [-0.25, -0.2) is 8.78 Å². The van der Waals surface area contributed by atoms with Crippen molar-refractivity contribution in [1.29, 1.82) is 0 Å². The van der Waals surface area contributed by atoms with Gasteiger partial charge < -0.3 is 10.0 Å². The van der Waals surface area contributed by atoms with Gasteiger partial charge in [0.2, 0.25) is 5.91 Å². The molecule has 1 aliphatic heterocycles. The minimum absolute atomic E-state index is 0.136. The van der Waals surface area contributed by atoms with E-state index >= 15 is 0 Å². The number of benzene rings is 1. The van der Waals surface area contributed by atoms with Crippen LogP contribution < -0.4 is 0 Å². The average Bonchev–Trinajstić information content (AvgIpc) is 2.58. The highest BCUT2D eigenvalue weighted by Crippen LogP contribution is 2.43. The minimum Gasteiger partial charge on any atom is -0.395 e. The molecular formula is C12H13F2NO2S. The first-order chi connectivity index (χ1) is 8.54. The fourth-order valence-corrected chi connectivity index (χ4v) is 3.28. The van der Waals surface area contributed by atoms with Gasteiger partial charge in [-0.3, -0.25) is 4.79 Å². The normalized spacial score (nSPS) is 23.8. The van der Waals surface area contributed by atoms with Crippen LogP contribution in [0.4, 0.5) is 8.78 Å². The van der Waals surface area contributed by atoms with Gasteiger partial charge in [0.1, 0.15) is 17.0 Å². The number of amides is 1. The van der Waals surface area contributed by atoms with Crippen LogP contribution in [0.1, 0.15) is 17.9 Å². The number of thioether (sulfide) groups is 1. The maximum atomic E-state index is 13.7. The molecule has 0 bridgehead atoms. The lowest BCUT2D eigenvalue weighted by Crippen LogP contribution is -2.33. The average molecular weight is 273 g/mol. The maximum absolute atomic E-state index is 13.7. The molecule has 1 aromatic rings. The van der Waals surface area contributed by atoms with Crippen LogP contribution in [-0.4, -0.2) is 34.3 Å². The molecule has 0 unspecified atom stereocenters. The number of halogens is 2. The Hall–Kier alpha value is -1.14. The first-order valence-electron chi connectivity index (χ1n) is 5.56. The second-order valence-corrected chi connectivity index (χ2v) is 5.48. The molecule has 0 aliphatic carbocycles. The number of nitrogens with zero attached hydrogens (tertiary/aromatic N) is 1. The van der Waals surface area contributed by atoms with Crippen LogP contribution >= 0.6 is 11.8 Å². The zero-order valence-electron chi connectivity index (χ0n) is 9.77. The lowest BCUT2D eigenvalue weighted by Gasteiger charge is -2.23. The lowest BCUT2D eigenvalue weighted by atomic mass is 10.2. The molecule has 18 heavy (non-hydrogen) atoms. The van der Waals surface area contributed by atoms with Crippen LogP contribution in [0.3, 0.4) is 0 Å². The highest BCUT2D eigenvalue weighted by atomic mass is 32.2. The summed E-state index contributed by atoms with van der Waals surface area (Å²) in [6.45, 7) is 1.70. The first kappa shape index (κ1) is 13.3. The van der Waals surface area contributed by atoms with Crippen LogP contribution in [0.2, 0.25) is 0 Å². The van der Waals surface area contributed by atoms with Crippen molar-refractivity contribution >= 4 is 17.7 Å². The van der Waals surface area contributed by atoms with E-state index < -0.39 is 17.0 Å². The Morgan fingerprint density at radius 1 is 1.44 bits per heavy atom. The van der Waals surface area contributed by atoms with Gasteiger partial charge in [0, 0.05) is 18.2 Å². The molecule has 1 N–H and O–H groups in total. The van der Waals surface area contributed by atoms with E-state index in [1.807, 2.05) is 0 Å². The van der Waals surface area contributed by atoms with Crippen LogP contribution in [-0.2, 0) is 4.79 Å². The monoisotopic (exact) mass is 273 g/mol. The summed E-state index contributed by atoms with van der Waals surface area (Å²) in [4.78, 5) is 13.3. The van der Waals surface area contributed by atoms with Crippen molar-refractivity contribution in [3.63, 3.8) is 0 Å². The molecule has 0 saturated carbocycles. The van der Waals surface area contributed by atoms with E-state index in [9.17, 15) is 13.6 Å². The third-order valence-electron chi connectivity index (χ3n) is 2.82. The SMILES string of the molecule is C[C@@H]1S[C@H](c2ccc(F)cc2F)N(CCO)C1=O. The van der Waals surface area contributed by atoms with E-state index in [0.29, 0.717) is 0 Å². The maximum Gasteiger partial charge on any atom is 0.236 e. The number of carbonyl (C=O) groups excluding carboxylic acids is 1. The summed E-state index contributed by atoms with van der Waals surface area (Å²) in [6, 6.07) is 3.32. The Bertz CT molecular complexity index is 469. The smallest absolute Gasteiger partial charge is 0.236 e. The predicted molar refractivity (Wildman–Crippen MR) is 65.0 cm³/mol. The van der Waals surface area contributed by atoms with Gasteiger partial charge in [-0.2, -0.15) is 0 Å². The zero-order chi connectivity index (χ0) is 13.3. The summed E-state index contributed by atoms with van der Waals surface area (Å²) in [5.74, 6) is -1.45. The molecular weight excluding hydrogens is 260 g/mol. The Morgan fingerprint density at radius 2 is 2.17 bits per heavy atom. The molecule has 1 amide bonds.